The van der Waals surface area contributed by atoms with Gasteiger partial charge in [-0.05, 0) is 50.4 Å². The summed E-state index contributed by atoms with van der Waals surface area (Å²) in [7, 11) is 0. The summed E-state index contributed by atoms with van der Waals surface area (Å²) in [5.41, 5.74) is 0.0901. The first kappa shape index (κ1) is 17.0. The van der Waals surface area contributed by atoms with Gasteiger partial charge in [-0.2, -0.15) is 0 Å². The molecule has 1 aliphatic heterocycles. The number of rotatable bonds is 5. The minimum atomic E-state index is -0.0883. The van der Waals surface area contributed by atoms with Crippen LogP contribution in [0.15, 0.2) is 0 Å². The Bertz CT molecular complexity index is 373. The topological polar surface area (TPSA) is 35.5 Å². The maximum absolute atomic E-state index is 11.6. The zero-order valence-corrected chi connectivity index (χ0v) is 14.5. The Morgan fingerprint density at radius 2 is 1.90 bits per heavy atom. The van der Waals surface area contributed by atoms with Crippen molar-refractivity contribution >= 4 is 5.78 Å². The van der Waals surface area contributed by atoms with Crippen LogP contribution in [0.4, 0.5) is 0 Å². The van der Waals surface area contributed by atoms with Crippen LogP contribution in [0, 0.1) is 23.2 Å². The predicted molar refractivity (Wildman–Crippen MR) is 84.0 cm³/mol. The minimum Gasteiger partial charge on any atom is -0.350 e. The summed E-state index contributed by atoms with van der Waals surface area (Å²) in [5, 5.41) is 0. The molecule has 2 rings (SSSR count). The van der Waals surface area contributed by atoms with Crippen LogP contribution in [0.25, 0.3) is 0 Å². The first-order valence-corrected chi connectivity index (χ1v) is 8.51. The fourth-order valence-electron chi connectivity index (χ4n) is 4.11. The fraction of sp³-hybridized carbons (Fsp3) is 0.944. The van der Waals surface area contributed by atoms with Crippen molar-refractivity contribution in [1.82, 2.24) is 0 Å². The van der Waals surface area contributed by atoms with Crippen molar-refractivity contribution in [2.45, 2.75) is 85.7 Å². The molecule has 3 heteroatoms. The highest BCUT2D eigenvalue weighted by molar-refractivity contribution is 5.80. The molecule has 3 nitrogen and oxygen atoms in total. The highest BCUT2D eigenvalue weighted by atomic mass is 16.7. The summed E-state index contributed by atoms with van der Waals surface area (Å²) in [6.45, 7) is 12.8. The van der Waals surface area contributed by atoms with Crippen molar-refractivity contribution in [3.05, 3.63) is 0 Å². The lowest BCUT2D eigenvalue weighted by Gasteiger charge is -2.52. The molecule has 2 aliphatic rings. The van der Waals surface area contributed by atoms with Crippen LogP contribution in [0.1, 0.15) is 67.2 Å². The second kappa shape index (κ2) is 6.37. The Morgan fingerprint density at radius 1 is 1.24 bits per heavy atom. The number of hydrogen-bond donors (Lipinski definition) is 0. The maximum Gasteiger partial charge on any atom is 0.158 e. The maximum atomic E-state index is 11.6. The SMILES string of the molecule is CC(=O)C1CC(CC2OC(C)CC(CC(C)C)O2)C1(C)C. The van der Waals surface area contributed by atoms with Gasteiger partial charge in [-0.1, -0.05) is 27.7 Å². The van der Waals surface area contributed by atoms with Crippen LogP contribution in [0.5, 0.6) is 0 Å². The van der Waals surface area contributed by atoms with Crippen molar-refractivity contribution in [3.8, 4) is 0 Å². The summed E-state index contributed by atoms with van der Waals surface area (Å²) in [5.74, 6) is 1.73. The van der Waals surface area contributed by atoms with Crippen molar-refractivity contribution < 1.29 is 14.3 Å². The molecule has 0 aromatic heterocycles. The molecule has 0 spiro atoms. The minimum absolute atomic E-state index is 0.0883. The smallest absolute Gasteiger partial charge is 0.158 e. The molecule has 0 aromatic carbocycles. The van der Waals surface area contributed by atoms with Gasteiger partial charge in [0.1, 0.15) is 5.78 Å². The lowest BCUT2D eigenvalue weighted by molar-refractivity contribution is -0.256. The number of carbonyl (C=O) groups excluding carboxylic acids is 1. The van der Waals surface area contributed by atoms with E-state index in [1.807, 2.05) is 0 Å². The summed E-state index contributed by atoms with van der Waals surface area (Å²) >= 11 is 0. The summed E-state index contributed by atoms with van der Waals surface area (Å²) < 4.78 is 12.1. The van der Waals surface area contributed by atoms with E-state index in [-0.39, 0.29) is 23.7 Å². The average Bonchev–Trinajstić information content (AvgIpc) is 2.31. The van der Waals surface area contributed by atoms with Crippen LogP contribution in [-0.4, -0.2) is 24.3 Å². The molecule has 0 amide bonds. The highest BCUT2D eigenvalue weighted by Gasteiger charge is 2.51. The van der Waals surface area contributed by atoms with Crippen molar-refractivity contribution in [1.29, 1.82) is 0 Å². The van der Waals surface area contributed by atoms with Crippen LogP contribution in [-0.2, 0) is 14.3 Å². The van der Waals surface area contributed by atoms with Gasteiger partial charge in [0, 0.05) is 12.3 Å². The molecule has 5 unspecified atom stereocenters. The molecule has 21 heavy (non-hydrogen) atoms. The first-order chi connectivity index (χ1) is 9.70. The Morgan fingerprint density at radius 3 is 2.43 bits per heavy atom. The summed E-state index contributed by atoms with van der Waals surface area (Å²) in [6, 6.07) is 0. The van der Waals surface area contributed by atoms with Gasteiger partial charge in [0.25, 0.3) is 0 Å². The average molecular weight is 296 g/mol. The molecule has 0 bridgehead atoms. The number of ketones is 1. The third-order valence-electron chi connectivity index (χ3n) is 5.50. The van der Waals surface area contributed by atoms with Crippen LogP contribution >= 0.6 is 0 Å². The molecule has 0 aromatic rings. The van der Waals surface area contributed by atoms with E-state index in [1.54, 1.807) is 6.92 Å². The van der Waals surface area contributed by atoms with E-state index >= 15 is 0 Å². The summed E-state index contributed by atoms with van der Waals surface area (Å²) in [6.07, 6.45) is 4.54. The largest absolute Gasteiger partial charge is 0.350 e. The van der Waals surface area contributed by atoms with Gasteiger partial charge < -0.3 is 9.47 Å². The van der Waals surface area contributed by atoms with Crippen LogP contribution in [0.3, 0.4) is 0 Å². The van der Waals surface area contributed by atoms with E-state index in [0.717, 1.165) is 25.7 Å². The Balaban J connectivity index is 1.89. The van der Waals surface area contributed by atoms with E-state index < -0.39 is 0 Å². The zero-order valence-electron chi connectivity index (χ0n) is 14.5. The number of ether oxygens (including phenoxy) is 2. The van der Waals surface area contributed by atoms with Gasteiger partial charge in [-0.15, -0.1) is 0 Å². The highest BCUT2D eigenvalue weighted by Crippen LogP contribution is 2.54. The molecule has 5 atom stereocenters. The standard InChI is InChI=1S/C18H32O3/c1-11(2)7-15-8-12(3)20-17(21-15)10-14-9-16(13(4)19)18(14,5)6/h11-12,14-17H,7-10H2,1-6H3. The van der Waals surface area contributed by atoms with E-state index in [0.29, 0.717) is 23.7 Å². The Kier molecular flexibility index (Phi) is 5.15. The van der Waals surface area contributed by atoms with Crippen LogP contribution < -0.4 is 0 Å². The van der Waals surface area contributed by atoms with Crippen molar-refractivity contribution in [3.63, 3.8) is 0 Å². The summed E-state index contributed by atoms with van der Waals surface area (Å²) in [4.78, 5) is 11.6. The zero-order chi connectivity index (χ0) is 15.8. The fourth-order valence-corrected chi connectivity index (χ4v) is 4.11. The van der Waals surface area contributed by atoms with Crippen LogP contribution in [0.2, 0.25) is 0 Å². The van der Waals surface area contributed by atoms with Gasteiger partial charge in [0.15, 0.2) is 6.29 Å². The quantitative estimate of drug-likeness (QED) is 0.763. The van der Waals surface area contributed by atoms with Gasteiger partial charge in [-0.25, -0.2) is 0 Å². The van der Waals surface area contributed by atoms with Gasteiger partial charge in [0.05, 0.1) is 12.2 Å². The third kappa shape index (κ3) is 3.87. The second-order valence-electron chi connectivity index (χ2n) is 8.15. The Hall–Kier alpha value is -0.410. The first-order valence-electron chi connectivity index (χ1n) is 8.51. The normalized spacial score (nSPS) is 39.1. The van der Waals surface area contributed by atoms with E-state index in [2.05, 4.69) is 34.6 Å². The molecular formula is C18H32O3. The molecule has 0 radical (unpaired) electrons. The molecule has 122 valence electrons. The van der Waals surface area contributed by atoms with Gasteiger partial charge in [0.2, 0.25) is 0 Å². The lowest BCUT2D eigenvalue weighted by Crippen LogP contribution is -2.50. The van der Waals surface area contributed by atoms with Crippen molar-refractivity contribution in [2.75, 3.05) is 0 Å². The molecule has 0 N–H and O–H groups in total. The van der Waals surface area contributed by atoms with Gasteiger partial charge in [-0.3, -0.25) is 4.79 Å². The molecule has 1 aliphatic carbocycles. The second-order valence-corrected chi connectivity index (χ2v) is 8.15. The van der Waals surface area contributed by atoms with Gasteiger partial charge >= 0.3 is 0 Å². The van der Waals surface area contributed by atoms with E-state index in [4.69, 9.17) is 9.47 Å². The molecular weight excluding hydrogens is 264 g/mol. The monoisotopic (exact) mass is 296 g/mol. The predicted octanol–water partition coefficient (Wildman–Crippen LogP) is 4.19. The number of hydrogen-bond acceptors (Lipinski definition) is 3. The third-order valence-corrected chi connectivity index (χ3v) is 5.50. The van der Waals surface area contributed by atoms with Crippen molar-refractivity contribution in [2.24, 2.45) is 23.2 Å². The molecule has 2 fully saturated rings. The Labute approximate surface area is 129 Å². The lowest BCUT2D eigenvalue weighted by atomic mass is 9.52. The molecule has 1 saturated carbocycles. The van der Waals surface area contributed by atoms with E-state index in [1.165, 1.54) is 0 Å². The number of Topliss-reactive ketones (excluding diaryl/α,β-unsaturated/α-hetero) is 1. The molecule has 1 saturated heterocycles. The molecule has 1 heterocycles. The number of carbonyl (C=O) groups is 1. The van der Waals surface area contributed by atoms with E-state index in [9.17, 15) is 4.79 Å².